The van der Waals surface area contributed by atoms with E-state index in [1.807, 2.05) is 61.5 Å². The lowest BCUT2D eigenvalue weighted by atomic mass is 9.94. The Labute approximate surface area is 228 Å². The van der Waals surface area contributed by atoms with Gasteiger partial charge in [-0.05, 0) is 91.4 Å². The molecule has 0 bridgehead atoms. The third-order valence-corrected chi connectivity index (χ3v) is 7.26. The van der Waals surface area contributed by atoms with E-state index in [1.54, 1.807) is 13.2 Å². The predicted molar refractivity (Wildman–Crippen MR) is 148 cm³/mol. The van der Waals surface area contributed by atoms with Gasteiger partial charge < -0.3 is 14.6 Å². The van der Waals surface area contributed by atoms with Crippen LogP contribution in [0.2, 0.25) is 0 Å². The molecule has 5 rings (SSSR count). The molecule has 7 nitrogen and oxygen atoms in total. The van der Waals surface area contributed by atoms with Gasteiger partial charge in [0.2, 0.25) is 17.6 Å². The van der Waals surface area contributed by atoms with Crippen molar-refractivity contribution in [1.29, 1.82) is 0 Å². The van der Waals surface area contributed by atoms with Crippen LogP contribution in [0.5, 0.6) is 5.75 Å². The summed E-state index contributed by atoms with van der Waals surface area (Å²) in [4.78, 5) is 19.4. The molecule has 0 radical (unpaired) electrons. The number of rotatable bonds is 9. The molecule has 1 amide bonds. The van der Waals surface area contributed by atoms with Gasteiger partial charge in [-0.1, -0.05) is 29.4 Å². The summed E-state index contributed by atoms with van der Waals surface area (Å²) in [6, 6.07) is 20.2. The van der Waals surface area contributed by atoms with Gasteiger partial charge in [0.05, 0.1) is 13.5 Å². The van der Waals surface area contributed by atoms with Crippen LogP contribution in [0.1, 0.15) is 35.4 Å². The van der Waals surface area contributed by atoms with E-state index in [0.29, 0.717) is 29.7 Å². The van der Waals surface area contributed by atoms with Crippen LogP contribution >= 0.6 is 0 Å². The van der Waals surface area contributed by atoms with Crippen LogP contribution in [0.25, 0.3) is 11.4 Å². The minimum atomic E-state index is -0.150. The van der Waals surface area contributed by atoms with Crippen LogP contribution in [0, 0.1) is 18.7 Å². The number of carbonyl (C=O) groups excluding carboxylic acids is 1. The van der Waals surface area contributed by atoms with Gasteiger partial charge in [-0.25, -0.2) is 4.39 Å². The highest BCUT2D eigenvalue weighted by Gasteiger charge is 2.23. The molecule has 3 aromatic carbocycles. The van der Waals surface area contributed by atoms with Crippen LogP contribution in [0.15, 0.2) is 71.3 Å². The Kier molecular flexibility index (Phi) is 8.32. The van der Waals surface area contributed by atoms with Gasteiger partial charge in [0.1, 0.15) is 11.6 Å². The molecule has 0 spiro atoms. The van der Waals surface area contributed by atoms with E-state index in [-0.39, 0.29) is 18.1 Å². The Morgan fingerprint density at radius 3 is 2.69 bits per heavy atom. The molecule has 4 aromatic rings. The number of aromatic nitrogens is 2. The van der Waals surface area contributed by atoms with Crippen molar-refractivity contribution in [2.75, 3.05) is 25.5 Å². The third kappa shape index (κ3) is 6.89. The number of likely N-dealkylation sites (tertiary alicyclic amines) is 1. The number of hydrogen-bond donors (Lipinski definition) is 1. The number of ether oxygens (including phenoxy) is 1. The molecule has 0 saturated carbocycles. The summed E-state index contributed by atoms with van der Waals surface area (Å²) in [7, 11) is 1.61. The maximum absolute atomic E-state index is 14.0. The number of benzene rings is 3. The lowest BCUT2D eigenvalue weighted by molar-refractivity contribution is -0.115. The molecular formula is C31H33FN4O3. The quantitative estimate of drug-likeness (QED) is 0.295. The predicted octanol–water partition coefficient (Wildman–Crippen LogP) is 5.83. The molecule has 1 saturated heterocycles. The standard InChI is InChI=1S/C31H33FN4O3/c1-21-25(6-3-7-28(21)32)20-36-16-4-5-23(19-36)18-30-34-31(35-39-30)24-10-12-26(13-11-24)33-29(37)17-22-8-14-27(38-2)15-9-22/h3,6-15,23H,4-5,16-20H2,1-2H3,(H,33,37). The van der Waals surface area contributed by atoms with E-state index in [9.17, 15) is 9.18 Å². The van der Waals surface area contributed by atoms with Gasteiger partial charge >= 0.3 is 0 Å². The summed E-state index contributed by atoms with van der Waals surface area (Å²) in [6.07, 6.45) is 3.18. The lowest BCUT2D eigenvalue weighted by Gasteiger charge is -2.32. The van der Waals surface area contributed by atoms with Gasteiger partial charge in [0.15, 0.2) is 0 Å². The number of carbonyl (C=O) groups is 1. The monoisotopic (exact) mass is 528 g/mol. The van der Waals surface area contributed by atoms with Crippen LogP contribution < -0.4 is 10.1 Å². The number of piperidine rings is 1. The topological polar surface area (TPSA) is 80.5 Å². The molecule has 1 unspecified atom stereocenters. The van der Waals surface area contributed by atoms with E-state index in [4.69, 9.17) is 9.26 Å². The first-order chi connectivity index (χ1) is 19.0. The molecule has 1 aliphatic heterocycles. The number of methoxy groups -OCH3 is 1. The average Bonchev–Trinajstić information content (AvgIpc) is 3.41. The third-order valence-electron chi connectivity index (χ3n) is 7.26. The fourth-order valence-corrected chi connectivity index (χ4v) is 5.06. The summed E-state index contributed by atoms with van der Waals surface area (Å²) in [5, 5.41) is 7.11. The van der Waals surface area contributed by atoms with Crippen molar-refractivity contribution in [2.24, 2.45) is 5.92 Å². The zero-order valence-corrected chi connectivity index (χ0v) is 22.3. The summed E-state index contributed by atoms with van der Waals surface area (Å²) in [5.41, 5.74) is 4.20. The zero-order valence-electron chi connectivity index (χ0n) is 22.3. The van der Waals surface area contributed by atoms with E-state index in [2.05, 4.69) is 20.4 Å². The number of amides is 1. The van der Waals surface area contributed by atoms with Gasteiger partial charge in [-0.15, -0.1) is 0 Å². The average molecular weight is 529 g/mol. The molecule has 1 aromatic heterocycles. The SMILES string of the molecule is COc1ccc(CC(=O)Nc2ccc(-c3noc(CC4CCCN(Cc5cccc(F)c5C)C4)n3)cc2)cc1. The summed E-state index contributed by atoms with van der Waals surface area (Å²) in [5.74, 6) is 2.08. The molecule has 1 N–H and O–H groups in total. The van der Waals surface area contributed by atoms with Crippen molar-refractivity contribution in [1.82, 2.24) is 15.0 Å². The summed E-state index contributed by atoms with van der Waals surface area (Å²) < 4.78 is 24.7. The minimum Gasteiger partial charge on any atom is -0.497 e. The van der Waals surface area contributed by atoms with E-state index in [0.717, 1.165) is 60.5 Å². The Bertz CT molecular complexity index is 1400. The van der Waals surface area contributed by atoms with Crippen LogP contribution in [-0.4, -0.2) is 41.1 Å². The maximum atomic E-state index is 14.0. The maximum Gasteiger partial charge on any atom is 0.228 e. The number of hydrogen-bond acceptors (Lipinski definition) is 6. The van der Waals surface area contributed by atoms with Crippen molar-refractivity contribution in [2.45, 2.75) is 39.2 Å². The molecule has 202 valence electrons. The Hall–Kier alpha value is -4.04. The van der Waals surface area contributed by atoms with Crippen molar-refractivity contribution >= 4 is 11.6 Å². The second kappa shape index (κ2) is 12.2. The normalized spacial score (nSPS) is 15.7. The Balaban J connectivity index is 1.14. The highest BCUT2D eigenvalue weighted by atomic mass is 19.1. The fourth-order valence-electron chi connectivity index (χ4n) is 5.06. The second-order valence-electron chi connectivity index (χ2n) is 10.1. The summed E-state index contributed by atoms with van der Waals surface area (Å²) in [6.45, 7) is 4.51. The Morgan fingerprint density at radius 1 is 1.13 bits per heavy atom. The van der Waals surface area contributed by atoms with Gasteiger partial charge in [-0.2, -0.15) is 4.98 Å². The molecule has 39 heavy (non-hydrogen) atoms. The minimum absolute atomic E-state index is 0.0937. The second-order valence-corrected chi connectivity index (χ2v) is 10.1. The van der Waals surface area contributed by atoms with Gasteiger partial charge in [-0.3, -0.25) is 9.69 Å². The van der Waals surface area contributed by atoms with Crippen LogP contribution in [0.3, 0.4) is 0 Å². The van der Waals surface area contributed by atoms with E-state index < -0.39 is 0 Å². The van der Waals surface area contributed by atoms with Crippen molar-refractivity contribution in [3.05, 3.63) is 95.1 Å². The number of anilines is 1. The first-order valence-electron chi connectivity index (χ1n) is 13.3. The molecular weight excluding hydrogens is 495 g/mol. The highest BCUT2D eigenvalue weighted by Crippen LogP contribution is 2.25. The first kappa shape index (κ1) is 26.6. The van der Waals surface area contributed by atoms with Gasteiger partial charge in [0.25, 0.3) is 0 Å². The number of nitrogens with one attached hydrogen (secondary N) is 1. The fraction of sp³-hybridized carbons (Fsp3) is 0.323. The largest absolute Gasteiger partial charge is 0.497 e. The molecule has 8 heteroatoms. The molecule has 2 heterocycles. The molecule has 1 aliphatic rings. The number of halogens is 1. The van der Waals surface area contributed by atoms with Crippen molar-refractivity contribution in [3.8, 4) is 17.1 Å². The van der Waals surface area contributed by atoms with Crippen molar-refractivity contribution in [3.63, 3.8) is 0 Å². The first-order valence-corrected chi connectivity index (χ1v) is 13.3. The highest BCUT2D eigenvalue weighted by molar-refractivity contribution is 5.92. The van der Waals surface area contributed by atoms with Crippen molar-refractivity contribution < 1.29 is 18.4 Å². The Morgan fingerprint density at radius 2 is 1.92 bits per heavy atom. The summed E-state index contributed by atoms with van der Waals surface area (Å²) >= 11 is 0. The lowest BCUT2D eigenvalue weighted by Crippen LogP contribution is -2.36. The van der Waals surface area contributed by atoms with Crippen LogP contribution in [-0.2, 0) is 24.2 Å². The van der Waals surface area contributed by atoms with Crippen LogP contribution in [0.4, 0.5) is 10.1 Å². The smallest absolute Gasteiger partial charge is 0.228 e. The molecule has 1 fully saturated rings. The molecule has 0 aliphatic carbocycles. The zero-order chi connectivity index (χ0) is 27.2. The van der Waals surface area contributed by atoms with E-state index in [1.165, 1.54) is 6.07 Å². The van der Waals surface area contributed by atoms with E-state index >= 15 is 0 Å². The molecule has 1 atom stereocenters. The number of nitrogens with zero attached hydrogens (tertiary/aromatic N) is 3. The van der Waals surface area contributed by atoms with Gasteiger partial charge in [0, 0.05) is 30.8 Å².